The number of rotatable bonds is 6. The Labute approximate surface area is 213 Å². The lowest BCUT2D eigenvalue weighted by atomic mass is 10.1. The lowest BCUT2D eigenvalue weighted by Gasteiger charge is -2.14. The Morgan fingerprint density at radius 1 is 0.865 bits per heavy atom. The van der Waals surface area contributed by atoms with Crippen molar-refractivity contribution >= 4 is 23.4 Å². The van der Waals surface area contributed by atoms with Gasteiger partial charge in [-0.25, -0.2) is 0 Å². The van der Waals surface area contributed by atoms with Crippen LogP contribution in [0.3, 0.4) is 0 Å². The van der Waals surface area contributed by atoms with E-state index in [1.165, 1.54) is 11.0 Å². The summed E-state index contributed by atoms with van der Waals surface area (Å²) in [5.41, 5.74) is 3.53. The number of carbonyl (C=O) groups is 3. The van der Waals surface area contributed by atoms with Crippen molar-refractivity contribution in [3.05, 3.63) is 101 Å². The average molecular weight is 492 g/mol. The van der Waals surface area contributed by atoms with Crippen molar-refractivity contribution in [3.8, 4) is 11.4 Å². The predicted octanol–water partition coefficient (Wildman–Crippen LogP) is 4.37. The average Bonchev–Trinajstić information content (AvgIpc) is 3.47. The number of fused-ring (bicyclic) bond motifs is 2. The van der Waals surface area contributed by atoms with Crippen LogP contribution < -0.4 is 5.32 Å². The molecule has 1 aromatic heterocycles. The van der Waals surface area contributed by atoms with Gasteiger partial charge >= 0.3 is 0 Å². The van der Waals surface area contributed by atoms with E-state index in [0.29, 0.717) is 29.8 Å². The first-order valence-corrected chi connectivity index (χ1v) is 12.5. The molecule has 2 aliphatic rings. The second-order valence-electron chi connectivity index (χ2n) is 9.34. The van der Waals surface area contributed by atoms with E-state index in [1.54, 1.807) is 12.1 Å². The van der Waals surface area contributed by atoms with Gasteiger partial charge < -0.3 is 9.88 Å². The number of aromatic nitrogens is 3. The topological polar surface area (TPSA) is 97.2 Å². The number of hydrogen-bond donors (Lipinski definition) is 1. The highest BCUT2D eigenvalue weighted by Gasteiger charge is 2.35. The van der Waals surface area contributed by atoms with E-state index in [-0.39, 0.29) is 23.3 Å². The minimum atomic E-state index is -0.369. The van der Waals surface area contributed by atoms with Gasteiger partial charge in [0.05, 0.1) is 11.1 Å². The van der Waals surface area contributed by atoms with Crippen molar-refractivity contribution in [1.82, 2.24) is 19.7 Å². The van der Waals surface area contributed by atoms with Gasteiger partial charge in [0.25, 0.3) is 17.7 Å². The maximum atomic E-state index is 13.0. The predicted molar refractivity (Wildman–Crippen MR) is 138 cm³/mol. The minimum Gasteiger partial charge on any atom is -0.322 e. The van der Waals surface area contributed by atoms with Crippen molar-refractivity contribution in [3.63, 3.8) is 0 Å². The molecule has 0 saturated heterocycles. The highest BCUT2D eigenvalue weighted by Crippen LogP contribution is 2.26. The third-order valence-electron chi connectivity index (χ3n) is 6.96. The fourth-order valence-electron chi connectivity index (χ4n) is 4.95. The monoisotopic (exact) mass is 491 g/mol. The maximum absolute atomic E-state index is 13.0. The van der Waals surface area contributed by atoms with Crippen molar-refractivity contribution in [2.45, 2.75) is 32.2 Å². The van der Waals surface area contributed by atoms with Gasteiger partial charge in [0.2, 0.25) is 0 Å². The number of anilines is 1. The molecule has 37 heavy (non-hydrogen) atoms. The fraction of sp³-hybridized carbons (Fsp3) is 0.207. The normalized spacial score (nSPS) is 14.4. The Morgan fingerprint density at radius 3 is 2.46 bits per heavy atom. The molecular formula is C29H25N5O3. The zero-order valence-electron chi connectivity index (χ0n) is 20.2. The van der Waals surface area contributed by atoms with E-state index in [0.717, 1.165) is 48.6 Å². The summed E-state index contributed by atoms with van der Waals surface area (Å²) < 4.78 is 2.16. The Bertz CT molecular complexity index is 1510. The molecule has 8 nitrogen and oxygen atoms in total. The van der Waals surface area contributed by atoms with Crippen molar-refractivity contribution < 1.29 is 14.4 Å². The molecule has 0 spiro atoms. The lowest BCUT2D eigenvalue weighted by molar-refractivity contribution is 0.0656. The molecule has 0 bridgehead atoms. The van der Waals surface area contributed by atoms with Crippen LogP contribution in [0.5, 0.6) is 0 Å². The molecular weight excluding hydrogens is 466 g/mol. The SMILES string of the molecule is O=C(Nc1ccc(-c2nnc3n2CCCC3)cc1)c1ccc2c(c1)C(=O)N(CCc1ccccc1)C2=O. The molecule has 0 radical (unpaired) electrons. The standard InChI is InChI=1S/C29H25N5O3/c35-27(30-22-12-9-20(10-13-22)26-32-31-25-8-4-5-16-33(25)26)21-11-14-23-24(18-21)29(37)34(28(23)36)17-15-19-6-2-1-3-7-19/h1-3,6-7,9-14,18H,4-5,8,15-17H2,(H,30,35). The van der Waals surface area contributed by atoms with Crippen LogP contribution in [0.2, 0.25) is 0 Å². The van der Waals surface area contributed by atoms with Gasteiger partial charge in [-0.1, -0.05) is 30.3 Å². The van der Waals surface area contributed by atoms with Gasteiger partial charge in [-0.05, 0) is 67.3 Å². The van der Waals surface area contributed by atoms with Crippen molar-refractivity contribution in [2.24, 2.45) is 0 Å². The van der Waals surface area contributed by atoms with E-state index < -0.39 is 0 Å². The van der Waals surface area contributed by atoms with Gasteiger partial charge in [-0.3, -0.25) is 19.3 Å². The van der Waals surface area contributed by atoms with Crippen LogP contribution in [0.15, 0.2) is 72.8 Å². The number of aryl methyl sites for hydroxylation is 1. The lowest BCUT2D eigenvalue weighted by Crippen LogP contribution is -2.31. The third-order valence-corrected chi connectivity index (χ3v) is 6.96. The maximum Gasteiger partial charge on any atom is 0.261 e. The second-order valence-corrected chi connectivity index (χ2v) is 9.34. The first-order chi connectivity index (χ1) is 18.1. The van der Waals surface area contributed by atoms with E-state index in [1.807, 2.05) is 54.6 Å². The Kier molecular flexibility index (Phi) is 5.84. The van der Waals surface area contributed by atoms with Crippen LogP contribution in [0.1, 0.15) is 55.3 Å². The summed E-state index contributed by atoms with van der Waals surface area (Å²) in [5, 5.41) is 11.5. The summed E-state index contributed by atoms with van der Waals surface area (Å²) in [4.78, 5) is 40.0. The zero-order chi connectivity index (χ0) is 25.4. The molecule has 0 unspecified atom stereocenters. The molecule has 3 amide bonds. The zero-order valence-corrected chi connectivity index (χ0v) is 20.2. The summed E-state index contributed by atoms with van der Waals surface area (Å²) in [6.45, 7) is 1.21. The van der Waals surface area contributed by atoms with Crippen molar-refractivity contribution in [2.75, 3.05) is 11.9 Å². The summed E-state index contributed by atoms with van der Waals surface area (Å²) in [5.74, 6) is 0.812. The van der Waals surface area contributed by atoms with Crippen LogP contribution in [-0.4, -0.2) is 43.9 Å². The van der Waals surface area contributed by atoms with Gasteiger partial charge in [0, 0.05) is 36.3 Å². The van der Waals surface area contributed by atoms with E-state index in [2.05, 4.69) is 20.1 Å². The number of nitrogens with one attached hydrogen (secondary N) is 1. The molecule has 8 heteroatoms. The quantitative estimate of drug-likeness (QED) is 0.404. The van der Waals surface area contributed by atoms with E-state index in [4.69, 9.17) is 0 Å². The van der Waals surface area contributed by atoms with E-state index in [9.17, 15) is 14.4 Å². The molecule has 6 rings (SSSR count). The second kappa shape index (κ2) is 9.46. The van der Waals surface area contributed by atoms with Gasteiger partial charge in [0.1, 0.15) is 5.82 Å². The first kappa shape index (κ1) is 22.8. The van der Waals surface area contributed by atoms with Crippen LogP contribution in [-0.2, 0) is 19.4 Å². The molecule has 184 valence electrons. The molecule has 0 atom stereocenters. The number of carbonyl (C=O) groups excluding carboxylic acids is 3. The van der Waals surface area contributed by atoms with Crippen LogP contribution in [0, 0.1) is 0 Å². The number of hydrogen-bond acceptors (Lipinski definition) is 5. The molecule has 0 aliphatic carbocycles. The molecule has 1 N–H and O–H groups in total. The van der Waals surface area contributed by atoms with Crippen LogP contribution in [0.25, 0.3) is 11.4 Å². The Morgan fingerprint density at radius 2 is 1.65 bits per heavy atom. The molecule has 3 heterocycles. The summed E-state index contributed by atoms with van der Waals surface area (Å²) in [6.07, 6.45) is 3.77. The largest absolute Gasteiger partial charge is 0.322 e. The first-order valence-electron chi connectivity index (χ1n) is 12.5. The van der Waals surface area contributed by atoms with Crippen molar-refractivity contribution in [1.29, 1.82) is 0 Å². The minimum absolute atomic E-state index is 0.262. The molecule has 4 aromatic rings. The molecule has 2 aliphatic heterocycles. The Balaban J connectivity index is 1.14. The number of amides is 3. The molecule has 0 saturated carbocycles. The number of benzene rings is 3. The fourth-order valence-corrected chi connectivity index (χ4v) is 4.95. The third kappa shape index (κ3) is 4.31. The summed E-state index contributed by atoms with van der Waals surface area (Å²) in [7, 11) is 0. The van der Waals surface area contributed by atoms with Gasteiger partial charge in [-0.15, -0.1) is 10.2 Å². The highest BCUT2D eigenvalue weighted by atomic mass is 16.2. The summed E-state index contributed by atoms with van der Waals surface area (Å²) in [6, 6.07) is 21.8. The number of imide groups is 1. The van der Waals surface area contributed by atoms with E-state index >= 15 is 0 Å². The molecule has 0 fully saturated rings. The summed E-state index contributed by atoms with van der Waals surface area (Å²) >= 11 is 0. The Hall–Kier alpha value is -4.59. The molecule has 3 aromatic carbocycles. The smallest absolute Gasteiger partial charge is 0.261 e. The van der Waals surface area contributed by atoms with Gasteiger partial charge in [-0.2, -0.15) is 0 Å². The highest BCUT2D eigenvalue weighted by molar-refractivity contribution is 6.22. The van der Waals surface area contributed by atoms with Gasteiger partial charge in [0.15, 0.2) is 5.82 Å². The van der Waals surface area contributed by atoms with Crippen LogP contribution >= 0.6 is 0 Å². The van der Waals surface area contributed by atoms with Crippen LogP contribution in [0.4, 0.5) is 5.69 Å². The number of nitrogens with zero attached hydrogens (tertiary/aromatic N) is 4.